The quantitative estimate of drug-likeness (QED) is 0.149. The zero-order valence-corrected chi connectivity index (χ0v) is 26.3. The number of aliphatic hydroxyl groups excluding tert-OH is 1. The van der Waals surface area contributed by atoms with Crippen LogP contribution in [0.5, 0.6) is 0 Å². The molecule has 2 amide bonds. The summed E-state index contributed by atoms with van der Waals surface area (Å²) in [6.07, 6.45) is -0.143. The Morgan fingerprint density at radius 1 is 0.826 bits per heavy atom. The summed E-state index contributed by atoms with van der Waals surface area (Å²) in [5.41, 5.74) is 5.77. The van der Waals surface area contributed by atoms with Crippen molar-refractivity contribution in [3.05, 3.63) is 149 Å². The van der Waals surface area contributed by atoms with E-state index in [4.69, 9.17) is 9.47 Å². The number of aliphatic hydroxyl groups is 1. The number of amides is 2. The van der Waals surface area contributed by atoms with Gasteiger partial charge in [0, 0.05) is 36.8 Å². The third-order valence-corrected chi connectivity index (χ3v) is 8.76. The Labute approximate surface area is 270 Å². The minimum atomic E-state index is -0.577. The van der Waals surface area contributed by atoms with Gasteiger partial charge in [-0.2, -0.15) is 0 Å². The fourth-order valence-electron chi connectivity index (χ4n) is 5.91. The van der Waals surface area contributed by atoms with E-state index in [1.165, 1.54) is 16.3 Å². The maximum Gasteiger partial charge on any atom is 0.319 e. The molecule has 0 spiro atoms. The topological polar surface area (TPSA) is 83.1 Å². The van der Waals surface area contributed by atoms with Crippen molar-refractivity contribution >= 4 is 22.5 Å². The molecule has 46 heavy (non-hydrogen) atoms. The van der Waals surface area contributed by atoms with E-state index < -0.39 is 6.29 Å². The van der Waals surface area contributed by atoms with Crippen LogP contribution in [-0.4, -0.2) is 35.7 Å². The second-order valence-corrected chi connectivity index (χ2v) is 12.0. The number of nitrogens with one attached hydrogen (secondary N) is 2. The minimum absolute atomic E-state index is 0.00226. The lowest BCUT2D eigenvalue weighted by molar-refractivity contribution is -0.253. The number of hydrogen-bond acceptors (Lipinski definition) is 5. The Balaban J connectivity index is 1.15. The molecule has 4 atom stereocenters. The molecule has 1 aliphatic heterocycles. The van der Waals surface area contributed by atoms with Crippen LogP contribution in [-0.2, 0) is 22.6 Å². The van der Waals surface area contributed by atoms with Crippen molar-refractivity contribution in [2.45, 2.75) is 51.0 Å². The highest BCUT2D eigenvalue weighted by Crippen LogP contribution is 2.39. The van der Waals surface area contributed by atoms with Crippen LogP contribution in [0.2, 0.25) is 0 Å². The van der Waals surface area contributed by atoms with E-state index in [2.05, 4.69) is 72.0 Å². The van der Waals surface area contributed by atoms with E-state index in [0.29, 0.717) is 18.7 Å². The summed E-state index contributed by atoms with van der Waals surface area (Å²) in [7, 11) is 2.14. The van der Waals surface area contributed by atoms with Gasteiger partial charge in [0.05, 0.1) is 18.8 Å². The van der Waals surface area contributed by atoms with Crippen molar-refractivity contribution < 1.29 is 19.4 Å². The first kappa shape index (κ1) is 31.5. The smallest absolute Gasteiger partial charge is 0.319 e. The monoisotopic (exact) mass is 615 g/mol. The van der Waals surface area contributed by atoms with Gasteiger partial charge in [-0.25, -0.2) is 4.79 Å². The molecule has 7 nitrogen and oxygen atoms in total. The Hall–Kier alpha value is -4.53. The standard InChI is InChI=1S/C39H41N3O4/c1-27(33-17-16-30-10-6-7-11-34(30)22-33)42(2)25-36-23-37(31-14-12-29(26-43)13-15-31)46-38(45-36)32-18-20-35(21-19-32)41-39(44)40-24-28-8-4-3-5-9-28/h3-22,27,36-38,43H,23-26H2,1-2H3,(H2,40,41,44)/t27-,36+,37-,38-/m1/s1. The number of hydrogen-bond donors (Lipinski definition) is 3. The number of carbonyl (C=O) groups is 1. The highest BCUT2D eigenvalue weighted by Gasteiger charge is 2.33. The number of rotatable bonds is 10. The maximum atomic E-state index is 12.5. The van der Waals surface area contributed by atoms with Gasteiger partial charge < -0.3 is 25.2 Å². The third-order valence-electron chi connectivity index (χ3n) is 8.76. The van der Waals surface area contributed by atoms with Crippen molar-refractivity contribution in [2.24, 2.45) is 0 Å². The van der Waals surface area contributed by atoms with Gasteiger partial charge >= 0.3 is 6.03 Å². The molecule has 7 heteroatoms. The number of nitrogens with zero attached hydrogens (tertiary/aromatic N) is 1. The summed E-state index contributed by atoms with van der Waals surface area (Å²) >= 11 is 0. The molecule has 0 bridgehead atoms. The maximum absolute atomic E-state index is 12.5. The molecule has 0 saturated carbocycles. The van der Waals surface area contributed by atoms with E-state index in [1.54, 1.807) is 0 Å². The number of benzene rings is 5. The molecule has 0 radical (unpaired) electrons. The van der Waals surface area contributed by atoms with Crippen LogP contribution in [0.3, 0.4) is 0 Å². The summed E-state index contributed by atoms with van der Waals surface area (Å²) < 4.78 is 13.1. The highest BCUT2D eigenvalue weighted by molar-refractivity contribution is 5.89. The average molecular weight is 616 g/mol. The number of urea groups is 1. The Kier molecular flexibility index (Phi) is 10.1. The summed E-state index contributed by atoms with van der Waals surface area (Å²) in [4.78, 5) is 14.8. The first-order valence-electron chi connectivity index (χ1n) is 15.8. The fraction of sp³-hybridized carbons (Fsp3) is 0.256. The van der Waals surface area contributed by atoms with Gasteiger partial charge in [-0.1, -0.05) is 103 Å². The summed E-state index contributed by atoms with van der Waals surface area (Å²) in [5.74, 6) is 0. The van der Waals surface area contributed by atoms with E-state index in [0.717, 1.165) is 28.8 Å². The van der Waals surface area contributed by atoms with Crippen molar-refractivity contribution in [3.8, 4) is 0 Å². The van der Waals surface area contributed by atoms with Crippen LogP contribution in [0.1, 0.15) is 59.6 Å². The Morgan fingerprint density at radius 3 is 2.26 bits per heavy atom. The summed E-state index contributed by atoms with van der Waals surface area (Å²) in [6.45, 7) is 3.40. The van der Waals surface area contributed by atoms with E-state index >= 15 is 0 Å². The van der Waals surface area contributed by atoms with E-state index in [-0.39, 0.29) is 30.9 Å². The van der Waals surface area contributed by atoms with Crippen LogP contribution in [0, 0.1) is 0 Å². The number of likely N-dealkylation sites (N-methyl/N-ethyl adjacent to an activating group) is 1. The molecular formula is C39H41N3O4. The van der Waals surface area contributed by atoms with E-state index in [9.17, 15) is 9.90 Å². The molecule has 5 aromatic rings. The van der Waals surface area contributed by atoms with Crippen molar-refractivity contribution in [3.63, 3.8) is 0 Å². The highest BCUT2D eigenvalue weighted by atomic mass is 16.7. The minimum Gasteiger partial charge on any atom is -0.392 e. The van der Waals surface area contributed by atoms with Gasteiger partial charge in [0.15, 0.2) is 6.29 Å². The molecule has 5 aromatic carbocycles. The van der Waals surface area contributed by atoms with E-state index in [1.807, 2.05) is 78.9 Å². The van der Waals surface area contributed by atoms with Gasteiger partial charge in [0.2, 0.25) is 0 Å². The van der Waals surface area contributed by atoms with Crippen molar-refractivity contribution in [1.82, 2.24) is 10.2 Å². The zero-order chi connectivity index (χ0) is 31.9. The SMILES string of the molecule is C[C@H](c1ccc2ccccc2c1)N(C)C[C@@H]1C[C@H](c2ccc(CO)cc2)O[C@H](c2ccc(NC(=O)NCc3ccccc3)cc2)O1. The van der Waals surface area contributed by atoms with Gasteiger partial charge in [-0.15, -0.1) is 0 Å². The first-order chi connectivity index (χ1) is 22.4. The van der Waals surface area contributed by atoms with Crippen LogP contribution in [0.15, 0.2) is 121 Å². The molecule has 6 rings (SSSR count). The molecule has 1 saturated heterocycles. The van der Waals surface area contributed by atoms with Crippen LogP contribution < -0.4 is 10.6 Å². The third kappa shape index (κ3) is 7.81. The van der Waals surface area contributed by atoms with Crippen LogP contribution in [0.25, 0.3) is 10.8 Å². The summed E-state index contributed by atoms with van der Waals surface area (Å²) in [6, 6.07) is 40.4. The lowest BCUT2D eigenvalue weighted by Gasteiger charge is -2.39. The lowest BCUT2D eigenvalue weighted by atomic mass is 9.98. The largest absolute Gasteiger partial charge is 0.392 e. The number of anilines is 1. The molecule has 0 aromatic heterocycles. The van der Waals surface area contributed by atoms with Crippen molar-refractivity contribution in [2.75, 3.05) is 18.9 Å². The second-order valence-electron chi connectivity index (χ2n) is 12.0. The van der Waals surface area contributed by atoms with Gasteiger partial charge in [-0.3, -0.25) is 4.90 Å². The number of ether oxygens (including phenoxy) is 2. The molecule has 1 heterocycles. The van der Waals surface area contributed by atoms with Crippen LogP contribution in [0.4, 0.5) is 10.5 Å². The molecule has 1 fully saturated rings. The Morgan fingerprint density at radius 2 is 1.52 bits per heavy atom. The van der Waals surface area contributed by atoms with Crippen molar-refractivity contribution in [1.29, 1.82) is 0 Å². The summed E-state index contributed by atoms with van der Waals surface area (Å²) in [5, 5.41) is 17.8. The lowest BCUT2D eigenvalue weighted by Crippen LogP contribution is -2.38. The molecule has 3 N–H and O–H groups in total. The zero-order valence-electron chi connectivity index (χ0n) is 26.3. The number of carbonyl (C=O) groups excluding carboxylic acids is 1. The average Bonchev–Trinajstić information content (AvgIpc) is 3.11. The van der Waals surface area contributed by atoms with Crippen LogP contribution >= 0.6 is 0 Å². The fourth-order valence-corrected chi connectivity index (χ4v) is 5.91. The second kappa shape index (κ2) is 14.7. The Bertz CT molecular complexity index is 1730. The first-order valence-corrected chi connectivity index (χ1v) is 15.8. The predicted molar refractivity (Wildman–Crippen MR) is 182 cm³/mol. The molecule has 0 aliphatic carbocycles. The normalized spacial score (nSPS) is 18.7. The number of fused-ring (bicyclic) bond motifs is 1. The van der Waals surface area contributed by atoms with Gasteiger partial charge in [-0.05, 0) is 65.2 Å². The van der Waals surface area contributed by atoms with Gasteiger partial charge in [0.25, 0.3) is 0 Å². The predicted octanol–water partition coefficient (Wildman–Crippen LogP) is 7.89. The molecular weight excluding hydrogens is 574 g/mol. The molecule has 236 valence electrons. The molecule has 1 aliphatic rings. The van der Waals surface area contributed by atoms with Gasteiger partial charge in [0.1, 0.15) is 0 Å². The molecule has 0 unspecified atom stereocenters.